The molecule has 1 unspecified atom stereocenters. The van der Waals surface area contributed by atoms with Crippen LogP contribution in [0, 0.1) is 0 Å². The Kier molecular flexibility index (Phi) is 6.02. The Morgan fingerprint density at radius 3 is 2.69 bits per heavy atom. The van der Waals surface area contributed by atoms with Gasteiger partial charge in [0.05, 0.1) is 6.10 Å². The van der Waals surface area contributed by atoms with Crippen LogP contribution < -0.4 is 10.2 Å². The maximum atomic E-state index is 12.7. The van der Waals surface area contributed by atoms with Gasteiger partial charge in [0, 0.05) is 37.0 Å². The summed E-state index contributed by atoms with van der Waals surface area (Å²) in [5.41, 5.74) is 1.99. The molecule has 0 spiro atoms. The van der Waals surface area contributed by atoms with E-state index in [-0.39, 0.29) is 17.9 Å². The number of ether oxygens (including phenoxy) is 1. The molecule has 0 aliphatic carbocycles. The fourth-order valence-electron chi connectivity index (χ4n) is 3.08. The zero-order valence-corrected chi connectivity index (χ0v) is 15.0. The summed E-state index contributed by atoms with van der Waals surface area (Å²) in [6, 6.07) is 16.5. The van der Waals surface area contributed by atoms with Crippen LogP contribution in [-0.4, -0.2) is 31.6 Å². The van der Waals surface area contributed by atoms with Gasteiger partial charge in [-0.05, 0) is 49.6 Å². The SMILES string of the molecule is CN(C(=O)c1cccc(NC(=O)CCC2CCCO2)c1)c1ccccc1. The summed E-state index contributed by atoms with van der Waals surface area (Å²) in [4.78, 5) is 26.4. The predicted molar refractivity (Wildman–Crippen MR) is 102 cm³/mol. The van der Waals surface area contributed by atoms with Crippen molar-refractivity contribution in [1.82, 2.24) is 0 Å². The topological polar surface area (TPSA) is 58.6 Å². The Balaban J connectivity index is 1.60. The third kappa shape index (κ3) is 4.70. The summed E-state index contributed by atoms with van der Waals surface area (Å²) in [6.07, 6.45) is 3.47. The number of carbonyl (C=O) groups excluding carboxylic acids is 2. The molecule has 1 atom stereocenters. The zero-order chi connectivity index (χ0) is 18.4. The van der Waals surface area contributed by atoms with Crippen LogP contribution in [0.2, 0.25) is 0 Å². The van der Waals surface area contributed by atoms with Crippen LogP contribution in [0.15, 0.2) is 54.6 Å². The van der Waals surface area contributed by atoms with Gasteiger partial charge in [-0.15, -0.1) is 0 Å². The lowest BCUT2D eigenvalue weighted by molar-refractivity contribution is -0.116. The van der Waals surface area contributed by atoms with Gasteiger partial charge in [-0.1, -0.05) is 24.3 Å². The number of carbonyl (C=O) groups is 2. The molecule has 2 aromatic rings. The van der Waals surface area contributed by atoms with E-state index in [9.17, 15) is 9.59 Å². The van der Waals surface area contributed by atoms with Gasteiger partial charge in [0.1, 0.15) is 0 Å². The highest BCUT2D eigenvalue weighted by molar-refractivity contribution is 6.06. The van der Waals surface area contributed by atoms with Crippen LogP contribution >= 0.6 is 0 Å². The first-order chi connectivity index (χ1) is 12.6. The first kappa shape index (κ1) is 18.1. The van der Waals surface area contributed by atoms with Gasteiger partial charge in [-0.25, -0.2) is 0 Å². The number of anilines is 2. The van der Waals surface area contributed by atoms with E-state index in [1.165, 1.54) is 0 Å². The molecule has 1 aliphatic rings. The van der Waals surface area contributed by atoms with E-state index in [0.29, 0.717) is 17.7 Å². The lowest BCUT2D eigenvalue weighted by atomic mass is 10.1. The minimum absolute atomic E-state index is 0.0542. The molecule has 2 aromatic carbocycles. The molecule has 0 saturated carbocycles. The second-order valence-electron chi connectivity index (χ2n) is 6.50. The van der Waals surface area contributed by atoms with Crippen LogP contribution in [0.1, 0.15) is 36.0 Å². The fraction of sp³-hybridized carbons (Fsp3) is 0.333. The summed E-state index contributed by atoms with van der Waals surface area (Å²) in [5, 5.41) is 2.87. The van der Waals surface area contributed by atoms with Gasteiger partial charge in [0.25, 0.3) is 5.91 Å². The van der Waals surface area contributed by atoms with Gasteiger partial charge in [0.2, 0.25) is 5.91 Å². The van der Waals surface area contributed by atoms with Crippen molar-refractivity contribution < 1.29 is 14.3 Å². The zero-order valence-electron chi connectivity index (χ0n) is 15.0. The average molecular weight is 352 g/mol. The maximum absolute atomic E-state index is 12.7. The smallest absolute Gasteiger partial charge is 0.258 e. The van der Waals surface area contributed by atoms with Crippen molar-refractivity contribution in [1.29, 1.82) is 0 Å². The van der Waals surface area contributed by atoms with Crippen molar-refractivity contribution in [3.05, 3.63) is 60.2 Å². The number of benzene rings is 2. The Labute approximate surface area is 154 Å². The number of hydrogen-bond acceptors (Lipinski definition) is 3. The summed E-state index contributed by atoms with van der Waals surface area (Å²) in [6.45, 7) is 0.797. The van der Waals surface area contributed by atoms with Crippen LogP contribution in [-0.2, 0) is 9.53 Å². The van der Waals surface area contributed by atoms with Crippen LogP contribution in [0.25, 0.3) is 0 Å². The first-order valence-electron chi connectivity index (χ1n) is 8.98. The molecule has 1 N–H and O–H groups in total. The third-order valence-electron chi connectivity index (χ3n) is 4.56. The average Bonchev–Trinajstić information content (AvgIpc) is 3.20. The number of amides is 2. The van der Waals surface area contributed by atoms with E-state index in [1.54, 1.807) is 36.2 Å². The minimum Gasteiger partial charge on any atom is -0.378 e. The lowest BCUT2D eigenvalue weighted by Crippen LogP contribution is -2.26. The molecule has 0 bridgehead atoms. The van der Waals surface area contributed by atoms with Crippen molar-refractivity contribution >= 4 is 23.2 Å². The Hall–Kier alpha value is -2.66. The van der Waals surface area contributed by atoms with Gasteiger partial charge >= 0.3 is 0 Å². The molecule has 1 fully saturated rings. The number of nitrogens with one attached hydrogen (secondary N) is 1. The largest absolute Gasteiger partial charge is 0.378 e. The molecule has 26 heavy (non-hydrogen) atoms. The second kappa shape index (κ2) is 8.63. The Morgan fingerprint density at radius 2 is 1.96 bits per heavy atom. The number of nitrogens with zero attached hydrogens (tertiary/aromatic N) is 1. The molecule has 2 amide bonds. The van der Waals surface area contributed by atoms with E-state index < -0.39 is 0 Å². The number of rotatable bonds is 6. The molecule has 1 aliphatic heterocycles. The van der Waals surface area contributed by atoms with Crippen molar-refractivity contribution in [2.45, 2.75) is 31.8 Å². The van der Waals surface area contributed by atoms with Crippen molar-refractivity contribution in [2.24, 2.45) is 0 Å². The van der Waals surface area contributed by atoms with Crippen molar-refractivity contribution in [3.8, 4) is 0 Å². The molecular formula is C21H24N2O3. The third-order valence-corrected chi connectivity index (χ3v) is 4.56. The summed E-state index contributed by atoms with van der Waals surface area (Å²) in [7, 11) is 1.74. The molecule has 1 heterocycles. The van der Waals surface area contributed by atoms with E-state index in [1.807, 2.05) is 30.3 Å². The number of hydrogen-bond donors (Lipinski definition) is 1. The van der Waals surface area contributed by atoms with E-state index in [0.717, 1.165) is 31.6 Å². The van der Waals surface area contributed by atoms with Crippen LogP contribution in [0.3, 0.4) is 0 Å². The van der Waals surface area contributed by atoms with Crippen LogP contribution in [0.4, 0.5) is 11.4 Å². The van der Waals surface area contributed by atoms with Gasteiger partial charge < -0.3 is 15.0 Å². The van der Waals surface area contributed by atoms with Crippen LogP contribution in [0.5, 0.6) is 0 Å². The molecule has 0 aromatic heterocycles. The first-order valence-corrected chi connectivity index (χ1v) is 8.98. The van der Waals surface area contributed by atoms with Crippen molar-refractivity contribution in [3.63, 3.8) is 0 Å². The Morgan fingerprint density at radius 1 is 1.15 bits per heavy atom. The standard InChI is InChI=1S/C21H24N2O3/c1-23(18-9-3-2-4-10-18)21(25)16-7-5-8-17(15-16)22-20(24)13-12-19-11-6-14-26-19/h2-5,7-10,15,19H,6,11-14H2,1H3,(H,22,24). The highest BCUT2D eigenvalue weighted by Crippen LogP contribution is 2.19. The minimum atomic E-state index is -0.119. The van der Waals surface area contributed by atoms with E-state index in [4.69, 9.17) is 4.74 Å². The van der Waals surface area contributed by atoms with E-state index >= 15 is 0 Å². The monoisotopic (exact) mass is 352 g/mol. The normalized spacial score (nSPS) is 16.3. The summed E-state index contributed by atoms with van der Waals surface area (Å²) < 4.78 is 5.54. The lowest BCUT2D eigenvalue weighted by Gasteiger charge is -2.18. The summed E-state index contributed by atoms with van der Waals surface area (Å²) in [5.74, 6) is -0.173. The summed E-state index contributed by atoms with van der Waals surface area (Å²) >= 11 is 0. The second-order valence-corrected chi connectivity index (χ2v) is 6.50. The predicted octanol–water partition coefficient (Wildman–Crippen LogP) is 3.86. The van der Waals surface area contributed by atoms with Crippen molar-refractivity contribution in [2.75, 3.05) is 23.9 Å². The molecule has 5 heteroatoms. The molecule has 3 rings (SSSR count). The fourth-order valence-corrected chi connectivity index (χ4v) is 3.08. The highest BCUT2D eigenvalue weighted by Gasteiger charge is 2.17. The van der Waals surface area contributed by atoms with E-state index in [2.05, 4.69) is 5.32 Å². The van der Waals surface area contributed by atoms with Gasteiger partial charge in [0.15, 0.2) is 0 Å². The molecule has 5 nitrogen and oxygen atoms in total. The molecular weight excluding hydrogens is 328 g/mol. The Bertz CT molecular complexity index is 755. The highest BCUT2D eigenvalue weighted by atomic mass is 16.5. The molecule has 1 saturated heterocycles. The van der Waals surface area contributed by atoms with Gasteiger partial charge in [-0.2, -0.15) is 0 Å². The maximum Gasteiger partial charge on any atom is 0.258 e. The molecule has 136 valence electrons. The molecule has 0 radical (unpaired) electrons. The quantitative estimate of drug-likeness (QED) is 0.859. The van der Waals surface area contributed by atoms with Gasteiger partial charge in [-0.3, -0.25) is 9.59 Å². The number of para-hydroxylation sites is 1.